The molecule has 0 bridgehead atoms. The molecular weight excluding hydrogens is 380 g/mol. The highest BCUT2D eigenvalue weighted by Gasteiger charge is 2.10. The zero-order valence-electron chi connectivity index (χ0n) is 14.2. The van der Waals surface area contributed by atoms with Crippen molar-refractivity contribution < 1.29 is 4.79 Å². The Hall–Kier alpha value is -2.96. The van der Waals surface area contributed by atoms with Gasteiger partial charge in [0, 0.05) is 22.2 Å². The van der Waals surface area contributed by atoms with E-state index in [1.54, 1.807) is 10.9 Å². The van der Waals surface area contributed by atoms with E-state index in [0.717, 1.165) is 22.5 Å². The first-order valence-corrected chi connectivity index (χ1v) is 9.53. The molecule has 134 valence electrons. The molecule has 2 heterocycles. The highest BCUT2D eigenvalue weighted by Crippen LogP contribution is 2.26. The van der Waals surface area contributed by atoms with Crippen LogP contribution in [0.1, 0.15) is 5.56 Å². The van der Waals surface area contributed by atoms with Crippen molar-refractivity contribution in [3.63, 3.8) is 0 Å². The van der Waals surface area contributed by atoms with E-state index in [-0.39, 0.29) is 12.3 Å². The van der Waals surface area contributed by atoms with E-state index in [2.05, 4.69) is 15.4 Å². The number of halogens is 1. The Morgan fingerprint density at radius 2 is 1.89 bits per heavy atom. The van der Waals surface area contributed by atoms with Crippen LogP contribution in [-0.4, -0.2) is 20.7 Å². The maximum absolute atomic E-state index is 12.3. The number of hydrogen-bond donors (Lipinski definition) is 1. The van der Waals surface area contributed by atoms with E-state index >= 15 is 0 Å². The summed E-state index contributed by atoms with van der Waals surface area (Å²) < 4.78 is 1.75. The predicted molar refractivity (Wildman–Crippen MR) is 108 cm³/mol. The fourth-order valence-corrected chi connectivity index (χ4v) is 3.47. The molecule has 0 spiro atoms. The second-order valence-electron chi connectivity index (χ2n) is 5.90. The Kier molecular flexibility index (Phi) is 5.00. The number of carbonyl (C=O) groups is 1. The van der Waals surface area contributed by atoms with Crippen LogP contribution in [0.4, 0.5) is 5.13 Å². The molecule has 0 aliphatic carbocycles. The van der Waals surface area contributed by atoms with Gasteiger partial charge >= 0.3 is 0 Å². The number of aromatic nitrogens is 3. The van der Waals surface area contributed by atoms with Gasteiger partial charge in [0.2, 0.25) is 5.91 Å². The van der Waals surface area contributed by atoms with Crippen LogP contribution in [0.25, 0.3) is 16.9 Å². The van der Waals surface area contributed by atoms with E-state index in [0.29, 0.717) is 10.2 Å². The van der Waals surface area contributed by atoms with Crippen LogP contribution in [0, 0.1) is 0 Å². The third kappa shape index (κ3) is 4.24. The summed E-state index contributed by atoms with van der Waals surface area (Å²) in [7, 11) is 0. The van der Waals surface area contributed by atoms with Gasteiger partial charge in [0.1, 0.15) is 0 Å². The van der Waals surface area contributed by atoms with E-state index in [1.165, 1.54) is 11.3 Å². The van der Waals surface area contributed by atoms with Gasteiger partial charge in [0.15, 0.2) is 5.13 Å². The molecule has 0 saturated heterocycles. The minimum Gasteiger partial charge on any atom is -0.302 e. The quantitative estimate of drug-likeness (QED) is 0.527. The standard InChI is InChI=1S/C20H15ClN4OS/c21-16-8-6-15(7-9-16)18-13-27-20(23-18)24-19(26)10-14-11-22-25(12-14)17-4-2-1-3-5-17/h1-9,11-13H,10H2,(H,23,24,26). The molecular formula is C20H15ClN4OS. The minimum atomic E-state index is -0.125. The summed E-state index contributed by atoms with van der Waals surface area (Å²) in [4.78, 5) is 16.8. The summed E-state index contributed by atoms with van der Waals surface area (Å²) in [6.07, 6.45) is 3.80. The van der Waals surface area contributed by atoms with Gasteiger partial charge in [-0.25, -0.2) is 9.67 Å². The zero-order chi connectivity index (χ0) is 18.6. The van der Waals surface area contributed by atoms with Crippen LogP contribution < -0.4 is 5.32 Å². The van der Waals surface area contributed by atoms with Crippen molar-refractivity contribution in [2.45, 2.75) is 6.42 Å². The summed E-state index contributed by atoms with van der Waals surface area (Å²) in [5.41, 5.74) is 3.56. The highest BCUT2D eigenvalue weighted by atomic mass is 35.5. The van der Waals surface area contributed by atoms with Crippen molar-refractivity contribution >= 4 is 34.0 Å². The maximum Gasteiger partial charge on any atom is 0.230 e. The second-order valence-corrected chi connectivity index (χ2v) is 7.19. The normalized spacial score (nSPS) is 10.7. The van der Waals surface area contributed by atoms with Gasteiger partial charge in [0.05, 0.1) is 24.0 Å². The Morgan fingerprint density at radius 1 is 1.11 bits per heavy atom. The fraction of sp³-hybridized carbons (Fsp3) is 0.0500. The molecule has 0 aliphatic rings. The predicted octanol–water partition coefficient (Wildman–Crippen LogP) is 4.83. The number of carbonyl (C=O) groups excluding carboxylic acids is 1. The van der Waals surface area contributed by atoms with Crippen LogP contribution in [0.3, 0.4) is 0 Å². The van der Waals surface area contributed by atoms with Gasteiger partial charge in [-0.1, -0.05) is 41.9 Å². The van der Waals surface area contributed by atoms with Crippen molar-refractivity contribution in [1.82, 2.24) is 14.8 Å². The molecule has 2 aromatic heterocycles. The number of para-hydroxylation sites is 1. The van der Waals surface area contributed by atoms with Crippen molar-refractivity contribution in [2.75, 3.05) is 5.32 Å². The topological polar surface area (TPSA) is 59.8 Å². The smallest absolute Gasteiger partial charge is 0.230 e. The molecule has 4 rings (SSSR count). The summed E-state index contributed by atoms with van der Waals surface area (Å²) in [6, 6.07) is 17.2. The third-order valence-corrected chi connectivity index (χ3v) is 4.92. The first-order chi connectivity index (χ1) is 13.2. The van der Waals surface area contributed by atoms with E-state index in [1.807, 2.05) is 66.2 Å². The lowest BCUT2D eigenvalue weighted by Gasteiger charge is -2.01. The number of thiazole rings is 1. The monoisotopic (exact) mass is 394 g/mol. The highest BCUT2D eigenvalue weighted by molar-refractivity contribution is 7.14. The van der Waals surface area contributed by atoms with Crippen molar-refractivity contribution in [2.24, 2.45) is 0 Å². The molecule has 7 heteroatoms. The van der Waals surface area contributed by atoms with E-state index in [4.69, 9.17) is 11.6 Å². The SMILES string of the molecule is O=C(Cc1cnn(-c2ccccc2)c1)Nc1nc(-c2ccc(Cl)cc2)cs1. The van der Waals surface area contributed by atoms with Crippen LogP contribution in [-0.2, 0) is 11.2 Å². The number of nitrogens with zero attached hydrogens (tertiary/aromatic N) is 3. The Bertz CT molecular complexity index is 1060. The largest absolute Gasteiger partial charge is 0.302 e. The van der Waals surface area contributed by atoms with Crippen molar-refractivity contribution in [1.29, 1.82) is 0 Å². The summed E-state index contributed by atoms with van der Waals surface area (Å²) >= 11 is 7.30. The average Bonchev–Trinajstić information content (AvgIpc) is 3.33. The first kappa shape index (κ1) is 17.5. The Labute approximate surface area is 165 Å². The molecule has 0 radical (unpaired) electrons. The lowest BCUT2D eigenvalue weighted by Crippen LogP contribution is -2.13. The first-order valence-electron chi connectivity index (χ1n) is 8.28. The maximum atomic E-state index is 12.3. The van der Waals surface area contributed by atoms with Gasteiger partial charge in [-0.3, -0.25) is 4.79 Å². The van der Waals surface area contributed by atoms with Crippen LogP contribution in [0.15, 0.2) is 72.4 Å². The van der Waals surface area contributed by atoms with Gasteiger partial charge < -0.3 is 5.32 Å². The van der Waals surface area contributed by atoms with E-state index < -0.39 is 0 Å². The van der Waals surface area contributed by atoms with Crippen LogP contribution in [0.5, 0.6) is 0 Å². The summed E-state index contributed by atoms with van der Waals surface area (Å²) in [6.45, 7) is 0. The fourth-order valence-electron chi connectivity index (χ4n) is 2.61. The van der Waals surface area contributed by atoms with E-state index in [9.17, 15) is 4.79 Å². The van der Waals surface area contributed by atoms with Gasteiger partial charge in [-0.15, -0.1) is 11.3 Å². The molecule has 0 fully saturated rings. The van der Waals surface area contributed by atoms with Gasteiger partial charge in [-0.05, 0) is 29.8 Å². The number of hydrogen-bond acceptors (Lipinski definition) is 4. The zero-order valence-corrected chi connectivity index (χ0v) is 15.7. The number of rotatable bonds is 5. The van der Waals surface area contributed by atoms with Crippen LogP contribution in [0.2, 0.25) is 5.02 Å². The van der Waals surface area contributed by atoms with Crippen molar-refractivity contribution in [3.8, 4) is 16.9 Å². The Balaban J connectivity index is 1.40. The Morgan fingerprint density at radius 3 is 2.67 bits per heavy atom. The average molecular weight is 395 g/mol. The lowest BCUT2D eigenvalue weighted by atomic mass is 10.2. The van der Waals surface area contributed by atoms with Crippen LogP contribution >= 0.6 is 22.9 Å². The number of nitrogens with one attached hydrogen (secondary N) is 1. The number of anilines is 1. The molecule has 0 saturated carbocycles. The molecule has 0 aliphatic heterocycles. The molecule has 1 N–H and O–H groups in total. The molecule has 1 amide bonds. The number of benzene rings is 2. The molecule has 4 aromatic rings. The lowest BCUT2D eigenvalue weighted by molar-refractivity contribution is -0.115. The third-order valence-electron chi connectivity index (χ3n) is 3.91. The molecule has 5 nitrogen and oxygen atoms in total. The molecule has 0 unspecified atom stereocenters. The second kappa shape index (κ2) is 7.73. The summed E-state index contributed by atoms with van der Waals surface area (Å²) in [5.74, 6) is -0.125. The molecule has 0 atom stereocenters. The molecule has 27 heavy (non-hydrogen) atoms. The number of amides is 1. The summed E-state index contributed by atoms with van der Waals surface area (Å²) in [5, 5.41) is 10.3. The molecule has 2 aromatic carbocycles. The van der Waals surface area contributed by atoms with Gasteiger partial charge in [0.25, 0.3) is 0 Å². The minimum absolute atomic E-state index is 0.125. The van der Waals surface area contributed by atoms with Gasteiger partial charge in [-0.2, -0.15) is 5.10 Å². The van der Waals surface area contributed by atoms with Crippen molar-refractivity contribution in [3.05, 3.63) is 83.0 Å².